The molecule has 1 unspecified atom stereocenters. The Balaban J connectivity index is 1.91. The van der Waals surface area contributed by atoms with Gasteiger partial charge < -0.3 is 9.87 Å². The van der Waals surface area contributed by atoms with Crippen LogP contribution < -0.4 is 16.6 Å². The molecule has 0 aliphatic carbocycles. The van der Waals surface area contributed by atoms with E-state index >= 15 is 0 Å². The number of hydrogen-bond donors (Lipinski definition) is 2. The molecule has 0 fully saturated rings. The Hall–Kier alpha value is -3.01. The van der Waals surface area contributed by atoms with Crippen LogP contribution in [0, 0.1) is 0 Å². The third kappa shape index (κ3) is 6.28. The van der Waals surface area contributed by atoms with Crippen molar-refractivity contribution in [2.75, 3.05) is 0 Å². The topological polar surface area (TPSA) is 110 Å². The summed E-state index contributed by atoms with van der Waals surface area (Å²) < 4.78 is 22.2. The molecule has 1 heterocycles. The summed E-state index contributed by atoms with van der Waals surface area (Å²) in [5.41, 5.74) is 0.313. The van der Waals surface area contributed by atoms with Crippen molar-refractivity contribution in [1.29, 1.82) is 0 Å². The normalized spacial score (nSPS) is 11.8. The van der Waals surface area contributed by atoms with Gasteiger partial charge in [0.15, 0.2) is 11.1 Å². The zero-order valence-corrected chi connectivity index (χ0v) is 19.6. The molecule has 33 heavy (non-hydrogen) atoms. The van der Waals surface area contributed by atoms with E-state index in [0.29, 0.717) is 23.6 Å². The smallest absolute Gasteiger partial charge is 0.335 e. The molecule has 1 atom stereocenters. The second-order valence-corrected chi connectivity index (χ2v) is 8.83. The van der Waals surface area contributed by atoms with Crippen molar-refractivity contribution < 1.29 is 13.6 Å². The second kappa shape index (κ2) is 11.2. The number of aryl methyl sites for hydroxylation is 1. The maximum atomic E-state index is 13.1. The van der Waals surface area contributed by atoms with Crippen molar-refractivity contribution in [3.05, 3.63) is 97.3 Å². The number of benzene rings is 2. The minimum Gasteiger partial charge on any atom is -0.348 e. The van der Waals surface area contributed by atoms with Crippen LogP contribution in [-0.4, -0.2) is 23.8 Å². The van der Waals surface area contributed by atoms with Crippen LogP contribution in [0.25, 0.3) is 5.69 Å². The maximum Gasteiger partial charge on any atom is 0.335 e. The van der Waals surface area contributed by atoms with E-state index in [-0.39, 0.29) is 23.5 Å². The van der Waals surface area contributed by atoms with Gasteiger partial charge in [-0.05, 0) is 35.7 Å². The van der Waals surface area contributed by atoms with Crippen LogP contribution >= 0.6 is 11.6 Å². The molecule has 0 spiro atoms. The van der Waals surface area contributed by atoms with Crippen molar-refractivity contribution >= 4 is 28.6 Å². The van der Waals surface area contributed by atoms with Crippen LogP contribution in [0.4, 0.5) is 0 Å². The van der Waals surface area contributed by atoms with E-state index in [2.05, 4.69) is 5.32 Å². The fourth-order valence-corrected chi connectivity index (χ4v) is 3.92. The molecular formula is C23H24ClN3O5S. The number of rotatable bonds is 9. The molecule has 8 nitrogen and oxygen atoms in total. The predicted molar refractivity (Wildman–Crippen MR) is 128 cm³/mol. The first-order valence-corrected chi connectivity index (χ1v) is 12.0. The molecule has 0 saturated carbocycles. The van der Waals surface area contributed by atoms with Crippen molar-refractivity contribution in [3.8, 4) is 5.69 Å². The summed E-state index contributed by atoms with van der Waals surface area (Å²) in [6, 6.07) is 13.2. The minimum absolute atomic E-state index is 0.0228. The molecule has 174 valence electrons. The Labute approximate surface area is 198 Å². The van der Waals surface area contributed by atoms with Crippen LogP contribution in [0.15, 0.2) is 64.3 Å². The van der Waals surface area contributed by atoms with Gasteiger partial charge in [0.25, 0.3) is 11.5 Å². The van der Waals surface area contributed by atoms with Crippen LogP contribution in [0.5, 0.6) is 0 Å². The number of unbranched alkanes of at least 4 members (excludes halogenated alkanes) is 1. The van der Waals surface area contributed by atoms with Gasteiger partial charge in [0.2, 0.25) is 0 Å². The molecular weight excluding hydrogens is 466 g/mol. The summed E-state index contributed by atoms with van der Waals surface area (Å²) in [7, 11) is 0. The van der Waals surface area contributed by atoms with Gasteiger partial charge >= 0.3 is 5.69 Å². The third-order valence-electron chi connectivity index (χ3n) is 4.99. The first kappa shape index (κ1) is 24.6. The van der Waals surface area contributed by atoms with Gasteiger partial charge in [0.1, 0.15) is 5.56 Å². The largest absolute Gasteiger partial charge is 0.348 e. The molecule has 0 bridgehead atoms. The number of amides is 1. The van der Waals surface area contributed by atoms with E-state index in [1.807, 2.05) is 6.92 Å². The molecule has 0 radical (unpaired) electrons. The van der Waals surface area contributed by atoms with E-state index < -0.39 is 28.2 Å². The van der Waals surface area contributed by atoms with E-state index in [9.17, 15) is 18.6 Å². The van der Waals surface area contributed by atoms with E-state index in [1.165, 1.54) is 16.8 Å². The predicted octanol–water partition coefficient (Wildman–Crippen LogP) is 3.10. The van der Waals surface area contributed by atoms with Gasteiger partial charge in [0.05, 0.1) is 11.4 Å². The van der Waals surface area contributed by atoms with Crippen LogP contribution in [0.2, 0.25) is 5.02 Å². The lowest BCUT2D eigenvalue weighted by Gasteiger charge is -2.13. The maximum absolute atomic E-state index is 13.1. The lowest BCUT2D eigenvalue weighted by atomic mass is 10.1. The molecule has 3 aromatic rings. The number of halogens is 1. The summed E-state index contributed by atoms with van der Waals surface area (Å²) in [4.78, 5) is 39.0. The third-order valence-corrected chi connectivity index (χ3v) is 5.80. The minimum atomic E-state index is -1.93. The monoisotopic (exact) mass is 489 g/mol. The highest BCUT2D eigenvalue weighted by Crippen LogP contribution is 2.12. The van der Waals surface area contributed by atoms with Crippen molar-refractivity contribution in [3.63, 3.8) is 0 Å². The molecule has 0 saturated heterocycles. The standard InChI is InChI=1S/C23H24ClN3O5S/c1-2-3-11-26-14-20(22(29)27(23(26)30)19-6-4-5-18(24)12-19)21(28)25-13-16-7-9-17(10-8-16)15-33(31)32/h4-10,12,14H,2-3,11,13,15H2,1H3,(H,25,28)(H,31,32). The molecule has 2 aromatic carbocycles. The molecule has 1 amide bonds. The van der Waals surface area contributed by atoms with Gasteiger partial charge in [-0.15, -0.1) is 0 Å². The number of nitrogens with one attached hydrogen (secondary N) is 1. The fraction of sp³-hybridized carbons (Fsp3) is 0.261. The number of nitrogens with zero attached hydrogens (tertiary/aromatic N) is 2. The van der Waals surface area contributed by atoms with Crippen molar-refractivity contribution in [2.45, 2.75) is 38.6 Å². The fourth-order valence-electron chi connectivity index (χ4n) is 3.26. The lowest BCUT2D eigenvalue weighted by molar-refractivity contribution is 0.0948. The summed E-state index contributed by atoms with van der Waals surface area (Å²) in [6.45, 7) is 2.49. The Bertz CT molecular complexity index is 1280. The summed E-state index contributed by atoms with van der Waals surface area (Å²) >= 11 is 4.12. The average Bonchev–Trinajstić information content (AvgIpc) is 2.78. The molecule has 3 rings (SSSR count). The van der Waals surface area contributed by atoms with Crippen LogP contribution in [0.1, 0.15) is 41.3 Å². The Kier molecular flexibility index (Phi) is 8.37. The average molecular weight is 490 g/mol. The number of carbonyl (C=O) groups excluding carboxylic acids is 1. The van der Waals surface area contributed by atoms with Gasteiger partial charge in [-0.25, -0.2) is 13.6 Å². The molecule has 2 N–H and O–H groups in total. The van der Waals surface area contributed by atoms with Gasteiger partial charge in [-0.3, -0.25) is 14.2 Å². The van der Waals surface area contributed by atoms with Crippen LogP contribution in [0.3, 0.4) is 0 Å². The SMILES string of the molecule is CCCCn1cc(C(=O)NCc2ccc(CS(=O)O)cc2)c(=O)n(-c2cccc(Cl)c2)c1=O. The Morgan fingerprint density at radius 2 is 1.82 bits per heavy atom. The van der Waals surface area contributed by atoms with Gasteiger partial charge in [-0.2, -0.15) is 0 Å². The highest BCUT2D eigenvalue weighted by molar-refractivity contribution is 7.78. The van der Waals surface area contributed by atoms with Gasteiger partial charge in [-0.1, -0.05) is 55.3 Å². The number of hydrogen-bond acceptors (Lipinski definition) is 4. The summed E-state index contributed by atoms with van der Waals surface area (Å²) in [5.74, 6) is -0.587. The molecule has 1 aromatic heterocycles. The lowest BCUT2D eigenvalue weighted by Crippen LogP contribution is -2.43. The number of carbonyl (C=O) groups is 1. The van der Waals surface area contributed by atoms with E-state index in [0.717, 1.165) is 16.6 Å². The number of aromatic nitrogens is 2. The summed E-state index contributed by atoms with van der Waals surface area (Å²) in [5, 5.41) is 3.07. The molecule has 0 aliphatic heterocycles. The van der Waals surface area contributed by atoms with Crippen LogP contribution in [-0.2, 0) is 29.9 Å². The van der Waals surface area contributed by atoms with Gasteiger partial charge in [0, 0.05) is 24.3 Å². The van der Waals surface area contributed by atoms with Crippen molar-refractivity contribution in [1.82, 2.24) is 14.5 Å². The Morgan fingerprint density at radius 1 is 1.12 bits per heavy atom. The highest BCUT2D eigenvalue weighted by Gasteiger charge is 2.18. The zero-order valence-electron chi connectivity index (χ0n) is 18.0. The second-order valence-electron chi connectivity index (χ2n) is 7.46. The quantitative estimate of drug-likeness (QED) is 0.449. The van der Waals surface area contributed by atoms with E-state index in [4.69, 9.17) is 16.2 Å². The summed E-state index contributed by atoms with van der Waals surface area (Å²) in [6.07, 6.45) is 2.85. The van der Waals surface area contributed by atoms with Crippen molar-refractivity contribution in [2.24, 2.45) is 0 Å². The molecule has 0 aliphatic rings. The Morgan fingerprint density at radius 3 is 2.45 bits per heavy atom. The molecule has 10 heteroatoms. The first-order chi connectivity index (χ1) is 15.8. The zero-order chi connectivity index (χ0) is 24.0. The highest BCUT2D eigenvalue weighted by atomic mass is 35.5. The van der Waals surface area contributed by atoms with E-state index in [1.54, 1.807) is 42.5 Å². The first-order valence-electron chi connectivity index (χ1n) is 10.4.